The predicted octanol–water partition coefficient (Wildman–Crippen LogP) is 4.15. The van der Waals surface area contributed by atoms with Crippen molar-refractivity contribution in [1.82, 2.24) is 0 Å². The first-order valence-corrected chi connectivity index (χ1v) is 5.57. The summed E-state index contributed by atoms with van der Waals surface area (Å²) in [6, 6.07) is 7.72. The molecule has 0 N–H and O–H groups in total. The van der Waals surface area contributed by atoms with Crippen LogP contribution < -0.4 is 4.74 Å². The Morgan fingerprint density at radius 1 is 1.31 bits per heavy atom. The second-order valence-electron chi connectivity index (χ2n) is 2.93. The van der Waals surface area contributed by atoms with Crippen LogP contribution in [0.4, 0.5) is 4.39 Å². The summed E-state index contributed by atoms with van der Waals surface area (Å²) in [5.74, 6) is -0.558. The molecule has 2 nitrogen and oxygen atoms in total. The van der Waals surface area contributed by atoms with Gasteiger partial charge < -0.3 is 4.74 Å². The van der Waals surface area contributed by atoms with Crippen LogP contribution in [-0.2, 0) is 0 Å². The number of aldehydes is 1. The Morgan fingerprint density at radius 3 is 2.81 bits per heavy atom. The highest BCUT2D eigenvalue weighted by atomic mass is 35.5. The quantitative estimate of drug-likeness (QED) is 0.772. The minimum atomic E-state index is -0.606. The largest absolute Gasteiger partial charge is 0.444 e. The lowest BCUT2D eigenvalue weighted by atomic mass is 10.3. The van der Waals surface area contributed by atoms with Crippen molar-refractivity contribution in [2.75, 3.05) is 0 Å². The Labute approximate surface area is 100 Å². The Bertz CT molecular complexity index is 524. The van der Waals surface area contributed by atoms with Gasteiger partial charge in [0.25, 0.3) is 0 Å². The van der Waals surface area contributed by atoms with Crippen molar-refractivity contribution in [3.8, 4) is 10.8 Å². The molecule has 5 heteroatoms. The average Bonchev–Trinajstić information content (AvgIpc) is 2.73. The lowest BCUT2D eigenvalue weighted by Gasteiger charge is -2.04. The van der Waals surface area contributed by atoms with Gasteiger partial charge in [0.2, 0.25) is 0 Å². The van der Waals surface area contributed by atoms with E-state index in [4.69, 9.17) is 16.3 Å². The van der Waals surface area contributed by atoms with E-state index >= 15 is 0 Å². The fourth-order valence-electron chi connectivity index (χ4n) is 1.12. The van der Waals surface area contributed by atoms with Crippen molar-refractivity contribution in [3.05, 3.63) is 46.0 Å². The highest BCUT2D eigenvalue weighted by Gasteiger charge is 2.09. The number of benzene rings is 1. The zero-order valence-electron chi connectivity index (χ0n) is 7.94. The van der Waals surface area contributed by atoms with Crippen LogP contribution in [0, 0.1) is 5.82 Å². The summed E-state index contributed by atoms with van der Waals surface area (Å²) in [5, 5.41) is 0.452. The number of thiophene rings is 1. The van der Waals surface area contributed by atoms with E-state index < -0.39 is 5.82 Å². The maximum absolute atomic E-state index is 13.5. The van der Waals surface area contributed by atoms with Crippen molar-refractivity contribution < 1.29 is 13.9 Å². The van der Waals surface area contributed by atoms with E-state index in [1.807, 2.05) is 0 Å². The van der Waals surface area contributed by atoms with Gasteiger partial charge in [0.15, 0.2) is 22.9 Å². The lowest BCUT2D eigenvalue weighted by molar-refractivity contribution is 0.112. The number of carbonyl (C=O) groups is 1. The van der Waals surface area contributed by atoms with E-state index in [9.17, 15) is 9.18 Å². The molecule has 2 rings (SSSR count). The van der Waals surface area contributed by atoms with E-state index in [0.717, 1.165) is 11.3 Å². The number of hydrogen-bond acceptors (Lipinski definition) is 3. The molecule has 0 unspecified atom stereocenters. The first-order chi connectivity index (χ1) is 7.70. The van der Waals surface area contributed by atoms with Crippen molar-refractivity contribution in [1.29, 1.82) is 0 Å². The van der Waals surface area contributed by atoms with E-state index in [-0.39, 0.29) is 10.8 Å². The standard InChI is InChI=1S/C11H6ClFO2S/c12-8-2-1-3-9(11(8)13)15-10-5-4-7(6-14)16-10/h1-6H. The third kappa shape index (κ3) is 2.23. The van der Waals surface area contributed by atoms with Gasteiger partial charge in [-0.1, -0.05) is 29.0 Å². The molecule has 0 atom stereocenters. The van der Waals surface area contributed by atoms with Crippen molar-refractivity contribution >= 4 is 29.2 Å². The van der Waals surface area contributed by atoms with Gasteiger partial charge in [-0.2, -0.15) is 0 Å². The third-order valence-electron chi connectivity index (χ3n) is 1.84. The molecule has 2 aromatic rings. The summed E-state index contributed by atoms with van der Waals surface area (Å²) in [4.78, 5) is 11.0. The molecule has 1 aromatic carbocycles. The number of carbonyl (C=O) groups excluding carboxylic acids is 1. The summed E-state index contributed by atoms with van der Waals surface area (Å²) in [6.07, 6.45) is 0.714. The fourth-order valence-corrected chi connectivity index (χ4v) is 1.97. The van der Waals surface area contributed by atoms with Crippen LogP contribution in [0.1, 0.15) is 9.67 Å². The zero-order valence-corrected chi connectivity index (χ0v) is 9.52. The topological polar surface area (TPSA) is 26.3 Å². The minimum absolute atomic E-state index is 0.00432. The Balaban J connectivity index is 2.26. The van der Waals surface area contributed by atoms with E-state index in [1.165, 1.54) is 12.1 Å². The maximum atomic E-state index is 13.5. The van der Waals surface area contributed by atoms with Gasteiger partial charge in [0.1, 0.15) is 0 Å². The summed E-state index contributed by atoms with van der Waals surface area (Å²) >= 11 is 6.75. The third-order valence-corrected chi connectivity index (χ3v) is 3.03. The first-order valence-electron chi connectivity index (χ1n) is 4.37. The molecule has 0 aliphatic rings. The van der Waals surface area contributed by atoms with Crippen molar-refractivity contribution in [2.24, 2.45) is 0 Å². The molecular formula is C11H6ClFO2S. The molecule has 1 heterocycles. The molecule has 0 saturated carbocycles. The van der Waals surface area contributed by atoms with E-state index in [2.05, 4.69) is 0 Å². The monoisotopic (exact) mass is 256 g/mol. The van der Waals surface area contributed by atoms with Crippen LogP contribution >= 0.6 is 22.9 Å². The average molecular weight is 257 g/mol. The summed E-state index contributed by atoms with van der Waals surface area (Å²) < 4.78 is 18.7. The Kier molecular flexibility index (Phi) is 3.22. The Morgan fingerprint density at radius 2 is 2.12 bits per heavy atom. The van der Waals surface area contributed by atoms with Gasteiger partial charge in [-0.15, -0.1) is 0 Å². The number of halogens is 2. The molecule has 82 valence electrons. The van der Waals surface area contributed by atoms with Gasteiger partial charge in [0, 0.05) is 0 Å². The van der Waals surface area contributed by atoms with Gasteiger partial charge in [-0.25, -0.2) is 4.39 Å². The summed E-state index contributed by atoms with van der Waals surface area (Å²) in [7, 11) is 0. The SMILES string of the molecule is O=Cc1ccc(Oc2cccc(Cl)c2F)s1. The molecule has 0 aliphatic heterocycles. The number of rotatable bonds is 3. The van der Waals surface area contributed by atoms with Crippen LogP contribution in [0.5, 0.6) is 10.8 Å². The van der Waals surface area contributed by atoms with E-state index in [1.54, 1.807) is 18.2 Å². The first kappa shape index (κ1) is 11.1. The lowest BCUT2D eigenvalue weighted by Crippen LogP contribution is -1.86. The second-order valence-corrected chi connectivity index (χ2v) is 4.41. The molecule has 0 saturated heterocycles. The molecule has 0 fully saturated rings. The van der Waals surface area contributed by atoms with Crippen molar-refractivity contribution in [2.45, 2.75) is 0 Å². The van der Waals surface area contributed by atoms with E-state index in [0.29, 0.717) is 16.2 Å². The van der Waals surface area contributed by atoms with Crippen molar-refractivity contribution in [3.63, 3.8) is 0 Å². The van der Waals surface area contributed by atoms with Gasteiger partial charge in [0.05, 0.1) is 9.90 Å². The minimum Gasteiger partial charge on any atom is -0.444 e. The fraction of sp³-hybridized carbons (Fsp3) is 0. The Hall–Kier alpha value is -1.39. The van der Waals surface area contributed by atoms with Gasteiger partial charge in [-0.05, 0) is 24.3 Å². The zero-order chi connectivity index (χ0) is 11.5. The second kappa shape index (κ2) is 4.63. The highest BCUT2D eigenvalue weighted by Crippen LogP contribution is 2.32. The van der Waals surface area contributed by atoms with Crippen LogP contribution in [0.15, 0.2) is 30.3 Å². The molecular weight excluding hydrogens is 251 g/mol. The van der Waals surface area contributed by atoms with Gasteiger partial charge >= 0.3 is 0 Å². The number of ether oxygens (including phenoxy) is 1. The van der Waals surface area contributed by atoms with Crippen LogP contribution in [-0.4, -0.2) is 6.29 Å². The smallest absolute Gasteiger partial charge is 0.184 e. The highest BCUT2D eigenvalue weighted by molar-refractivity contribution is 7.15. The summed E-state index contributed by atoms with van der Waals surface area (Å²) in [6.45, 7) is 0. The summed E-state index contributed by atoms with van der Waals surface area (Å²) in [5.41, 5.74) is 0. The molecule has 0 radical (unpaired) electrons. The maximum Gasteiger partial charge on any atom is 0.184 e. The molecule has 0 aliphatic carbocycles. The normalized spacial score (nSPS) is 10.1. The molecule has 0 spiro atoms. The molecule has 1 aromatic heterocycles. The number of hydrogen-bond donors (Lipinski definition) is 0. The molecule has 0 amide bonds. The van der Waals surface area contributed by atoms with Gasteiger partial charge in [-0.3, -0.25) is 4.79 Å². The molecule has 16 heavy (non-hydrogen) atoms. The van der Waals surface area contributed by atoms with Crippen LogP contribution in [0.2, 0.25) is 5.02 Å². The van der Waals surface area contributed by atoms with Crippen LogP contribution in [0.3, 0.4) is 0 Å². The van der Waals surface area contributed by atoms with Crippen LogP contribution in [0.25, 0.3) is 0 Å². The molecule has 0 bridgehead atoms. The predicted molar refractivity (Wildman–Crippen MR) is 61.2 cm³/mol.